The number of nitrogens with zero attached hydrogens (tertiary/aromatic N) is 1. The van der Waals surface area contributed by atoms with Crippen molar-refractivity contribution in [2.24, 2.45) is 0 Å². The van der Waals surface area contributed by atoms with Crippen molar-refractivity contribution in [3.8, 4) is 11.5 Å². The van der Waals surface area contributed by atoms with Crippen LogP contribution in [-0.4, -0.2) is 40.3 Å². The lowest BCUT2D eigenvalue weighted by Gasteiger charge is -2.25. The summed E-state index contributed by atoms with van der Waals surface area (Å²) in [7, 11) is -3.69. The van der Waals surface area contributed by atoms with E-state index < -0.39 is 15.9 Å². The third-order valence-corrected chi connectivity index (χ3v) is 6.30. The quantitative estimate of drug-likeness (QED) is 0.735. The summed E-state index contributed by atoms with van der Waals surface area (Å²) in [6.07, 6.45) is 1.08. The van der Waals surface area contributed by atoms with E-state index in [2.05, 4.69) is 38.2 Å². The van der Waals surface area contributed by atoms with Crippen LogP contribution in [-0.2, 0) is 20.2 Å². The lowest BCUT2D eigenvalue weighted by atomic mass is 9.86. The van der Waals surface area contributed by atoms with Gasteiger partial charge in [-0.25, -0.2) is 8.42 Å². The fraction of sp³-hybridized carbons (Fsp3) is 0.435. The number of benzene rings is 2. The number of amides is 1. The molecule has 1 N–H and O–H groups in total. The van der Waals surface area contributed by atoms with Crippen molar-refractivity contribution in [1.82, 2.24) is 5.32 Å². The van der Waals surface area contributed by atoms with Crippen LogP contribution in [0.15, 0.2) is 42.5 Å². The molecule has 2 aromatic rings. The number of anilines is 1. The summed E-state index contributed by atoms with van der Waals surface area (Å²) < 4.78 is 36.9. The molecule has 0 spiro atoms. The normalized spacial score (nSPS) is 14.6. The molecule has 1 aliphatic heterocycles. The first-order valence-electron chi connectivity index (χ1n) is 10.2. The molecule has 2 aromatic carbocycles. The van der Waals surface area contributed by atoms with Gasteiger partial charge in [0, 0.05) is 6.07 Å². The maximum absolute atomic E-state index is 12.7. The molecule has 0 saturated heterocycles. The molecule has 8 heteroatoms. The zero-order chi connectivity index (χ0) is 22.8. The third-order valence-electron chi connectivity index (χ3n) is 5.16. The summed E-state index contributed by atoms with van der Waals surface area (Å²) in [5.74, 6) is 0.623. The van der Waals surface area contributed by atoms with Crippen LogP contribution in [0.1, 0.15) is 44.9 Å². The van der Waals surface area contributed by atoms with E-state index in [0.29, 0.717) is 30.4 Å². The van der Waals surface area contributed by atoms with Gasteiger partial charge in [-0.1, -0.05) is 45.0 Å². The van der Waals surface area contributed by atoms with E-state index in [0.717, 1.165) is 16.1 Å². The number of hydrogen-bond acceptors (Lipinski definition) is 5. The summed E-state index contributed by atoms with van der Waals surface area (Å²) in [5.41, 5.74) is 2.55. The number of rotatable bonds is 6. The Morgan fingerprint density at radius 3 is 2.26 bits per heavy atom. The van der Waals surface area contributed by atoms with Crippen molar-refractivity contribution in [3.63, 3.8) is 0 Å². The van der Waals surface area contributed by atoms with Gasteiger partial charge >= 0.3 is 0 Å². The molecule has 1 atom stereocenters. The summed E-state index contributed by atoms with van der Waals surface area (Å²) in [6.45, 7) is 8.81. The van der Waals surface area contributed by atoms with Crippen molar-refractivity contribution in [1.29, 1.82) is 0 Å². The van der Waals surface area contributed by atoms with Crippen LogP contribution >= 0.6 is 0 Å². The van der Waals surface area contributed by atoms with E-state index in [9.17, 15) is 13.2 Å². The fourth-order valence-electron chi connectivity index (χ4n) is 3.36. The lowest BCUT2D eigenvalue weighted by molar-refractivity contribution is -0.120. The van der Waals surface area contributed by atoms with Gasteiger partial charge in [0.2, 0.25) is 15.9 Å². The average molecular weight is 447 g/mol. The number of carbonyl (C=O) groups excluding carboxylic acids is 1. The van der Waals surface area contributed by atoms with Gasteiger partial charge in [-0.05, 0) is 35.6 Å². The number of ether oxygens (including phenoxy) is 2. The summed E-state index contributed by atoms with van der Waals surface area (Å²) in [6, 6.07) is 12.7. The van der Waals surface area contributed by atoms with Gasteiger partial charge in [-0.2, -0.15) is 0 Å². The molecule has 0 aliphatic carbocycles. The van der Waals surface area contributed by atoms with Crippen LogP contribution in [0.2, 0.25) is 0 Å². The molecule has 1 aliphatic rings. The van der Waals surface area contributed by atoms with Crippen LogP contribution in [0.4, 0.5) is 5.69 Å². The third kappa shape index (κ3) is 5.70. The molecule has 0 radical (unpaired) electrons. The number of hydrogen-bond donors (Lipinski definition) is 1. The molecule has 1 heterocycles. The monoisotopic (exact) mass is 446 g/mol. The predicted molar refractivity (Wildman–Crippen MR) is 121 cm³/mol. The maximum atomic E-state index is 12.7. The Morgan fingerprint density at radius 2 is 1.68 bits per heavy atom. The second-order valence-electron chi connectivity index (χ2n) is 8.76. The second-order valence-corrected chi connectivity index (χ2v) is 10.7. The van der Waals surface area contributed by atoms with Gasteiger partial charge in [-0.3, -0.25) is 9.10 Å². The molecule has 168 valence electrons. The Hall–Kier alpha value is -2.74. The Kier molecular flexibility index (Phi) is 6.50. The van der Waals surface area contributed by atoms with Crippen molar-refractivity contribution < 1.29 is 22.7 Å². The highest BCUT2D eigenvalue weighted by Crippen LogP contribution is 2.34. The van der Waals surface area contributed by atoms with E-state index >= 15 is 0 Å². The zero-order valence-electron chi connectivity index (χ0n) is 18.6. The van der Waals surface area contributed by atoms with Crippen LogP contribution in [0.5, 0.6) is 11.5 Å². The average Bonchev–Trinajstić information content (AvgIpc) is 2.70. The minimum atomic E-state index is -3.69. The zero-order valence-corrected chi connectivity index (χ0v) is 19.5. The molecule has 31 heavy (non-hydrogen) atoms. The first-order valence-corrected chi connectivity index (χ1v) is 12.1. The molecule has 0 aromatic heterocycles. The number of carbonyl (C=O) groups is 1. The van der Waals surface area contributed by atoms with Gasteiger partial charge in [0.25, 0.3) is 0 Å². The molecule has 1 amide bonds. The number of fused-ring (bicyclic) bond motifs is 1. The molecule has 3 rings (SSSR count). The van der Waals surface area contributed by atoms with E-state index in [1.54, 1.807) is 18.2 Å². The van der Waals surface area contributed by atoms with E-state index in [1.807, 2.05) is 19.1 Å². The Balaban J connectivity index is 1.73. The van der Waals surface area contributed by atoms with E-state index in [-0.39, 0.29) is 18.0 Å². The first-order chi connectivity index (χ1) is 14.4. The van der Waals surface area contributed by atoms with Gasteiger partial charge in [0.05, 0.1) is 18.0 Å². The maximum Gasteiger partial charge on any atom is 0.241 e. The predicted octanol–water partition coefficient (Wildman–Crippen LogP) is 3.40. The highest BCUT2D eigenvalue weighted by atomic mass is 32.2. The lowest BCUT2D eigenvalue weighted by Crippen LogP contribution is -2.41. The summed E-state index contributed by atoms with van der Waals surface area (Å²) in [5, 5.41) is 2.89. The van der Waals surface area contributed by atoms with Crippen molar-refractivity contribution >= 4 is 21.6 Å². The molecular formula is C23H30N2O5S. The summed E-state index contributed by atoms with van der Waals surface area (Å²) >= 11 is 0. The fourth-order valence-corrected chi connectivity index (χ4v) is 4.21. The standard InChI is InChI=1S/C23H30N2O5S/c1-16(17-6-8-18(9-7-17)23(2,3)4)24-22(26)15-25(31(5,27)28)19-10-11-20-21(14-19)30-13-12-29-20/h6-11,14,16H,12-13,15H2,1-5H3,(H,24,26)/t16-/m0/s1. The Bertz CT molecular complexity index is 1040. The van der Waals surface area contributed by atoms with Crippen LogP contribution in [0, 0.1) is 0 Å². The van der Waals surface area contributed by atoms with Crippen molar-refractivity contribution in [2.75, 3.05) is 30.3 Å². The molecular weight excluding hydrogens is 416 g/mol. The van der Waals surface area contributed by atoms with Gasteiger partial charge in [0.1, 0.15) is 19.8 Å². The van der Waals surface area contributed by atoms with E-state index in [4.69, 9.17) is 9.47 Å². The molecule has 0 saturated carbocycles. The molecule has 7 nitrogen and oxygen atoms in total. The Morgan fingerprint density at radius 1 is 1.06 bits per heavy atom. The molecule has 0 unspecified atom stereocenters. The van der Waals surface area contributed by atoms with E-state index in [1.165, 1.54) is 5.56 Å². The van der Waals surface area contributed by atoms with Crippen molar-refractivity contribution in [3.05, 3.63) is 53.6 Å². The SMILES string of the molecule is C[C@H](NC(=O)CN(c1ccc2c(c1)OCCO2)S(C)(=O)=O)c1ccc(C(C)(C)C)cc1. The van der Waals surface area contributed by atoms with Crippen LogP contribution < -0.4 is 19.1 Å². The highest BCUT2D eigenvalue weighted by molar-refractivity contribution is 7.92. The van der Waals surface area contributed by atoms with Gasteiger partial charge in [-0.15, -0.1) is 0 Å². The smallest absolute Gasteiger partial charge is 0.241 e. The van der Waals surface area contributed by atoms with Crippen LogP contribution in [0.25, 0.3) is 0 Å². The largest absolute Gasteiger partial charge is 0.486 e. The van der Waals surface area contributed by atoms with Crippen LogP contribution in [0.3, 0.4) is 0 Å². The number of sulfonamides is 1. The van der Waals surface area contributed by atoms with Crippen molar-refractivity contribution in [2.45, 2.75) is 39.2 Å². The molecule has 0 fully saturated rings. The minimum Gasteiger partial charge on any atom is -0.486 e. The second kappa shape index (κ2) is 8.78. The first kappa shape index (κ1) is 22.9. The topological polar surface area (TPSA) is 84.9 Å². The Labute approximate surface area is 184 Å². The molecule has 0 bridgehead atoms. The van der Waals surface area contributed by atoms with Gasteiger partial charge in [0.15, 0.2) is 11.5 Å². The highest BCUT2D eigenvalue weighted by Gasteiger charge is 2.24. The van der Waals surface area contributed by atoms with Gasteiger partial charge < -0.3 is 14.8 Å². The minimum absolute atomic E-state index is 0.0463. The summed E-state index contributed by atoms with van der Waals surface area (Å²) in [4.78, 5) is 12.7. The number of nitrogens with one attached hydrogen (secondary N) is 1.